The molecule has 0 spiro atoms. The van der Waals surface area contributed by atoms with E-state index < -0.39 is 16.8 Å². The van der Waals surface area contributed by atoms with Gasteiger partial charge in [0.05, 0.1) is 11.2 Å². The molecule has 0 aliphatic rings. The van der Waals surface area contributed by atoms with Crippen molar-refractivity contribution in [2.45, 2.75) is 51.4 Å². The lowest BCUT2D eigenvalue weighted by Crippen LogP contribution is -2.49. The Morgan fingerprint density at radius 2 is 1.40 bits per heavy atom. The van der Waals surface area contributed by atoms with Crippen LogP contribution in [0.5, 0.6) is 0 Å². The smallest absolute Gasteiger partial charge is 0.131 e. The van der Waals surface area contributed by atoms with Crippen LogP contribution in [0.4, 0.5) is 0 Å². The van der Waals surface area contributed by atoms with Gasteiger partial charge in [-0.3, -0.25) is 0 Å². The molecule has 0 aliphatic heterocycles. The van der Waals surface area contributed by atoms with E-state index in [1.54, 1.807) is 20.8 Å². The Bertz CT molecular complexity index is 266. The van der Waals surface area contributed by atoms with E-state index in [0.717, 1.165) is 0 Å². The first kappa shape index (κ1) is 14.4. The topological polar surface area (TPSA) is 60.7 Å². The summed E-state index contributed by atoms with van der Waals surface area (Å²) in [4.78, 5) is 0. The predicted molar refractivity (Wildman–Crippen MR) is 61.5 cm³/mol. The standard InChI is InChI=1S/C12H22O3/c1-9(2)12(15,11(5,6)14)8-7-10(3,4)13/h7-8,13-15H,1H2,2-6H3/b8-7-. The van der Waals surface area contributed by atoms with Crippen LogP contribution < -0.4 is 0 Å². The Morgan fingerprint density at radius 1 is 1.00 bits per heavy atom. The molecular formula is C12H22O3. The summed E-state index contributed by atoms with van der Waals surface area (Å²) < 4.78 is 0. The highest BCUT2D eigenvalue weighted by Gasteiger charge is 2.40. The summed E-state index contributed by atoms with van der Waals surface area (Å²) >= 11 is 0. The van der Waals surface area contributed by atoms with Crippen LogP contribution in [0, 0.1) is 0 Å². The van der Waals surface area contributed by atoms with Crippen molar-refractivity contribution in [3.8, 4) is 0 Å². The van der Waals surface area contributed by atoms with Gasteiger partial charge in [0.25, 0.3) is 0 Å². The van der Waals surface area contributed by atoms with Crippen LogP contribution >= 0.6 is 0 Å². The van der Waals surface area contributed by atoms with E-state index in [1.807, 2.05) is 0 Å². The van der Waals surface area contributed by atoms with Crippen molar-refractivity contribution in [2.24, 2.45) is 0 Å². The van der Waals surface area contributed by atoms with Crippen molar-refractivity contribution >= 4 is 0 Å². The SMILES string of the molecule is C=C(C)C(O)(/C=C\C(C)(C)O)C(C)(C)O. The zero-order valence-corrected chi connectivity index (χ0v) is 10.2. The molecule has 0 radical (unpaired) electrons. The second kappa shape index (κ2) is 4.08. The van der Waals surface area contributed by atoms with Gasteiger partial charge in [0, 0.05) is 0 Å². The van der Waals surface area contributed by atoms with Crippen molar-refractivity contribution in [3.63, 3.8) is 0 Å². The van der Waals surface area contributed by atoms with Crippen LogP contribution in [0.1, 0.15) is 34.6 Å². The van der Waals surface area contributed by atoms with Crippen LogP contribution in [0.2, 0.25) is 0 Å². The lowest BCUT2D eigenvalue weighted by Gasteiger charge is -2.37. The molecule has 0 aromatic rings. The van der Waals surface area contributed by atoms with Gasteiger partial charge in [0.15, 0.2) is 0 Å². The molecule has 3 nitrogen and oxygen atoms in total. The minimum atomic E-state index is -1.53. The minimum absolute atomic E-state index is 0.426. The second-order valence-corrected chi connectivity index (χ2v) is 5.09. The van der Waals surface area contributed by atoms with Crippen molar-refractivity contribution in [1.29, 1.82) is 0 Å². The predicted octanol–water partition coefficient (Wildman–Crippen LogP) is 1.39. The van der Waals surface area contributed by atoms with Gasteiger partial charge >= 0.3 is 0 Å². The second-order valence-electron chi connectivity index (χ2n) is 5.09. The third kappa shape index (κ3) is 3.78. The van der Waals surface area contributed by atoms with E-state index in [0.29, 0.717) is 5.57 Å². The molecule has 0 saturated heterocycles. The monoisotopic (exact) mass is 214 g/mol. The summed E-state index contributed by atoms with van der Waals surface area (Å²) in [5.41, 5.74) is -3.49. The zero-order chi connectivity index (χ0) is 12.5. The summed E-state index contributed by atoms with van der Waals surface area (Å²) in [6.45, 7) is 11.5. The van der Waals surface area contributed by atoms with Crippen LogP contribution in [0.25, 0.3) is 0 Å². The number of hydrogen-bond acceptors (Lipinski definition) is 3. The van der Waals surface area contributed by atoms with E-state index >= 15 is 0 Å². The quantitative estimate of drug-likeness (QED) is 0.620. The van der Waals surface area contributed by atoms with Crippen molar-refractivity contribution in [3.05, 3.63) is 24.3 Å². The molecule has 0 rings (SSSR count). The summed E-state index contributed by atoms with van der Waals surface area (Å²) in [7, 11) is 0. The molecule has 3 heteroatoms. The van der Waals surface area contributed by atoms with Crippen LogP contribution in [0.15, 0.2) is 24.3 Å². The van der Waals surface area contributed by atoms with Crippen molar-refractivity contribution in [1.82, 2.24) is 0 Å². The van der Waals surface area contributed by atoms with E-state index in [-0.39, 0.29) is 0 Å². The first-order valence-corrected chi connectivity index (χ1v) is 4.94. The summed E-state index contributed by atoms with van der Waals surface area (Å²) in [6.07, 6.45) is 2.83. The molecule has 0 heterocycles. The van der Waals surface area contributed by atoms with E-state index in [4.69, 9.17) is 0 Å². The van der Waals surface area contributed by atoms with Crippen LogP contribution in [-0.2, 0) is 0 Å². The van der Waals surface area contributed by atoms with Crippen molar-refractivity contribution < 1.29 is 15.3 Å². The fourth-order valence-corrected chi connectivity index (χ4v) is 1.19. The first-order valence-electron chi connectivity index (χ1n) is 4.94. The van der Waals surface area contributed by atoms with E-state index in [1.165, 1.54) is 26.0 Å². The number of aliphatic hydroxyl groups is 3. The molecule has 88 valence electrons. The van der Waals surface area contributed by atoms with Gasteiger partial charge in [-0.1, -0.05) is 12.7 Å². The zero-order valence-electron chi connectivity index (χ0n) is 10.2. The summed E-state index contributed by atoms with van der Waals surface area (Å²) in [6, 6.07) is 0. The average Bonchev–Trinajstić information content (AvgIpc) is 1.95. The van der Waals surface area contributed by atoms with E-state index in [9.17, 15) is 15.3 Å². The number of rotatable bonds is 4. The molecule has 1 atom stereocenters. The largest absolute Gasteiger partial charge is 0.387 e. The third-order valence-corrected chi connectivity index (χ3v) is 2.32. The van der Waals surface area contributed by atoms with Gasteiger partial charge in [-0.05, 0) is 46.3 Å². The Morgan fingerprint density at radius 3 is 1.60 bits per heavy atom. The average molecular weight is 214 g/mol. The summed E-state index contributed by atoms with van der Waals surface area (Å²) in [5, 5.41) is 29.6. The van der Waals surface area contributed by atoms with Gasteiger partial charge < -0.3 is 15.3 Å². The Hall–Kier alpha value is -0.640. The van der Waals surface area contributed by atoms with Gasteiger partial charge in [0.1, 0.15) is 5.60 Å². The summed E-state index contributed by atoms with van der Waals surface area (Å²) in [5.74, 6) is 0. The Kier molecular flexibility index (Phi) is 3.91. The maximum atomic E-state index is 10.2. The highest BCUT2D eigenvalue weighted by molar-refractivity contribution is 5.27. The maximum absolute atomic E-state index is 10.2. The van der Waals surface area contributed by atoms with Gasteiger partial charge in [-0.15, -0.1) is 0 Å². The minimum Gasteiger partial charge on any atom is -0.387 e. The molecular weight excluding hydrogens is 192 g/mol. The third-order valence-electron chi connectivity index (χ3n) is 2.32. The Balaban J connectivity index is 5.19. The molecule has 1 unspecified atom stereocenters. The van der Waals surface area contributed by atoms with Gasteiger partial charge in [0.2, 0.25) is 0 Å². The first-order chi connectivity index (χ1) is 6.40. The van der Waals surface area contributed by atoms with E-state index in [2.05, 4.69) is 6.58 Å². The molecule has 15 heavy (non-hydrogen) atoms. The maximum Gasteiger partial charge on any atom is 0.131 e. The normalized spacial score (nSPS) is 17.9. The molecule has 0 saturated carbocycles. The lowest BCUT2D eigenvalue weighted by molar-refractivity contribution is -0.0774. The molecule has 0 bridgehead atoms. The lowest BCUT2D eigenvalue weighted by atomic mass is 9.79. The highest BCUT2D eigenvalue weighted by atomic mass is 16.4. The number of hydrogen-bond donors (Lipinski definition) is 3. The molecule has 0 aromatic heterocycles. The van der Waals surface area contributed by atoms with Crippen LogP contribution in [0.3, 0.4) is 0 Å². The fraction of sp³-hybridized carbons (Fsp3) is 0.667. The fourth-order valence-electron chi connectivity index (χ4n) is 1.19. The van der Waals surface area contributed by atoms with Gasteiger partial charge in [-0.2, -0.15) is 0 Å². The van der Waals surface area contributed by atoms with Crippen molar-refractivity contribution in [2.75, 3.05) is 0 Å². The molecule has 0 aromatic carbocycles. The molecule has 0 fully saturated rings. The molecule has 0 amide bonds. The molecule has 3 N–H and O–H groups in total. The Labute approximate surface area is 91.8 Å². The van der Waals surface area contributed by atoms with Gasteiger partial charge in [-0.25, -0.2) is 0 Å². The molecule has 0 aliphatic carbocycles. The van der Waals surface area contributed by atoms with Crippen LogP contribution in [-0.4, -0.2) is 32.1 Å². The highest BCUT2D eigenvalue weighted by Crippen LogP contribution is 2.30.